The molecule has 0 spiro atoms. The maximum Gasteiger partial charge on any atom is 0.277 e. The van der Waals surface area contributed by atoms with Crippen molar-refractivity contribution in [2.45, 2.75) is 6.92 Å². The predicted octanol–water partition coefficient (Wildman–Crippen LogP) is 3.50. The average molecular weight is 461 g/mol. The maximum absolute atomic E-state index is 14.3. The second-order valence-corrected chi connectivity index (χ2v) is 6.50. The lowest BCUT2D eigenvalue weighted by Gasteiger charge is -2.15. The topological polar surface area (TPSA) is 62.4 Å². The molecule has 2 rings (SSSR count). The molecule has 2 aromatic carbocycles. The summed E-state index contributed by atoms with van der Waals surface area (Å²) in [7, 11) is 1.74. The van der Waals surface area contributed by atoms with Crippen LogP contribution in [-0.2, 0) is 4.84 Å². The molecule has 0 unspecified atom stereocenters. The van der Waals surface area contributed by atoms with E-state index >= 15 is 0 Å². The molecule has 0 bridgehead atoms. The van der Waals surface area contributed by atoms with E-state index in [1.807, 2.05) is 19.1 Å². The molecule has 0 aliphatic carbocycles. The molecular formula is C17H18F2IN3O2. The first-order chi connectivity index (χ1) is 11.9. The second kappa shape index (κ2) is 9.07. The van der Waals surface area contributed by atoms with Gasteiger partial charge in [-0.3, -0.25) is 9.63 Å². The normalized spacial score (nSPS) is 10.6. The average Bonchev–Trinajstić information content (AvgIpc) is 2.58. The van der Waals surface area contributed by atoms with E-state index in [0.29, 0.717) is 12.2 Å². The van der Waals surface area contributed by atoms with Gasteiger partial charge in [-0.2, -0.15) is 0 Å². The van der Waals surface area contributed by atoms with Crippen molar-refractivity contribution < 1.29 is 18.4 Å². The molecule has 0 aliphatic rings. The quantitative estimate of drug-likeness (QED) is 0.336. The number of anilines is 2. The Morgan fingerprint density at radius 2 is 2.00 bits per heavy atom. The lowest BCUT2D eigenvalue weighted by Crippen LogP contribution is -2.28. The van der Waals surface area contributed by atoms with Crippen molar-refractivity contribution in [3.63, 3.8) is 0 Å². The van der Waals surface area contributed by atoms with Crippen LogP contribution in [0.4, 0.5) is 20.2 Å². The van der Waals surface area contributed by atoms with Crippen molar-refractivity contribution in [1.29, 1.82) is 0 Å². The third-order valence-corrected chi connectivity index (χ3v) is 4.08. The molecule has 25 heavy (non-hydrogen) atoms. The number of hydrogen-bond donors (Lipinski definition) is 3. The highest BCUT2D eigenvalue weighted by Gasteiger charge is 2.19. The molecule has 0 atom stereocenters. The van der Waals surface area contributed by atoms with Crippen LogP contribution in [0.15, 0.2) is 30.3 Å². The van der Waals surface area contributed by atoms with E-state index in [1.54, 1.807) is 13.1 Å². The molecule has 0 aromatic heterocycles. The summed E-state index contributed by atoms with van der Waals surface area (Å²) >= 11 is 2.16. The number of benzene rings is 2. The standard InChI is InChI=1S/C17H18F2IN3O2/c1-10-9-11(20)3-6-14(10)22-16-12(4-5-13(18)15(16)19)17(24)23-25-8-7-21-2/h3-6,9,21-22H,7-8H2,1-2H3,(H,23,24). The van der Waals surface area contributed by atoms with E-state index < -0.39 is 17.5 Å². The third-order valence-electron chi connectivity index (χ3n) is 3.41. The fourth-order valence-electron chi connectivity index (χ4n) is 2.09. The summed E-state index contributed by atoms with van der Waals surface area (Å²) in [6.45, 7) is 2.61. The van der Waals surface area contributed by atoms with Crippen LogP contribution in [0.25, 0.3) is 0 Å². The van der Waals surface area contributed by atoms with Gasteiger partial charge < -0.3 is 10.6 Å². The monoisotopic (exact) mass is 461 g/mol. The van der Waals surface area contributed by atoms with Crippen molar-refractivity contribution in [2.24, 2.45) is 0 Å². The number of aryl methyl sites for hydroxylation is 1. The molecule has 5 nitrogen and oxygen atoms in total. The van der Waals surface area contributed by atoms with E-state index in [0.717, 1.165) is 15.2 Å². The van der Waals surface area contributed by atoms with Gasteiger partial charge in [0.25, 0.3) is 5.91 Å². The molecule has 8 heteroatoms. The van der Waals surface area contributed by atoms with E-state index in [1.165, 1.54) is 6.07 Å². The minimum Gasteiger partial charge on any atom is -0.352 e. The molecule has 0 saturated heterocycles. The minimum atomic E-state index is -1.12. The van der Waals surface area contributed by atoms with Crippen LogP contribution in [0.2, 0.25) is 0 Å². The van der Waals surface area contributed by atoms with Crippen molar-refractivity contribution in [2.75, 3.05) is 25.5 Å². The molecule has 0 saturated carbocycles. The van der Waals surface area contributed by atoms with Gasteiger partial charge in [-0.15, -0.1) is 0 Å². The zero-order valence-corrected chi connectivity index (χ0v) is 15.9. The van der Waals surface area contributed by atoms with Crippen LogP contribution in [0.1, 0.15) is 15.9 Å². The van der Waals surface area contributed by atoms with E-state index in [2.05, 4.69) is 38.7 Å². The highest BCUT2D eigenvalue weighted by atomic mass is 127. The molecule has 0 radical (unpaired) electrons. The van der Waals surface area contributed by atoms with Crippen LogP contribution in [0, 0.1) is 22.1 Å². The highest BCUT2D eigenvalue weighted by molar-refractivity contribution is 14.1. The van der Waals surface area contributed by atoms with Crippen LogP contribution in [0.5, 0.6) is 0 Å². The van der Waals surface area contributed by atoms with Gasteiger partial charge in [-0.05, 0) is 72.5 Å². The number of amides is 1. The summed E-state index contributed by atoms with van der Waals surface area (Å²) < 4.78 is 29.0. The minimum absolute atomic E-state index is 0.0543. The number of likely N-dealkylation sites (N-methyl/N-ethyl adjacent to an activating group) is 1. The smallest absolute Gasteiger partial charge is 0.277 e. The third kappa shape index (κ3) is 5.10. The van der Waals surface area contributed by atoms with E-state index in [9.17, 15) is 13.6 Å². The molecule has 1 amide bonds. The summed E-state index contributed by atoms with van der Waals surface area (Å²) in [5, 5.41) is 5.67. The molecule has 134 valence electrons. The fourth-order valence-corrected chi connectivity index (χ4v) is 2.74. The fraction of sp³-hybridized carbons (Fsp3) is 0.235. The van der Waals surface area contributed by atoms with Crippen LogP contribution in [0.3, 0.4) is 0 Å². The first-order valence-electron chi connectivity index (χ1n) is 7.52. The Labute approximate surface area is 158 Å². The van der Waals surface area contributed by atoms with Crippen LogP contribution >= 0.6 is 22.6 Å². The van der Waals surface area contributed by atoms with Gasteiger partial charge in [0.15, 0.2) is 11.6 Å². The van der Waals surface area contributed by atoms with Crippen LogP contribution < -0.4 is 16.1 Å². The number of carbonyl (C=O) groups is 1. The summed E-state index contributed by atoms with van der Waals surface area (Å²) in [4.78, 5) is 17.2. The lowest BCUT2D eigenvalue weighted by molar-refractivity contribution is 0.0329. The van der Waals surface area contributed by atoms with E-state index in [-0.39, 0.29) is 17.9 Å². The Hall–Kier alpha value is -1.78. The molecule has 0 heterocycles. The van der Waals surface area contributed by atoms with Gasteiger partial charge in [0.1, 0.15) is 0 Å². The summed E-state index contributed by atoms with van der Waals surface area (Å²) in [6, 6.07) is 7.57. The second-order valence-electron chi connectivity index (χ2n) is 5.25. The van der Waals surface area contributed by atoms with Crippen molar-refractivity contribution >= 4 is 39.9 Å². The zero-order chi connectivity index (χ0) is 18.4. The zero-order valence-electron chi connectivity index (χ0n) is 13.8. The first-order valence-corrected chi connectivity index (χ1v) is 8.59. The Kier molecular flexibility index (Phi) is 7.09. The van der Waals surface area contributed by atoms with Gasteiger partial charge in [-0.1, -0.05) is 0 Å². The Bertz CT molecular complexity index is 772. The van der Waals surface area contributed by atoms with Gasteiger partial charge in [-0.25, -0.2) is 14.3 Å². The Balaban J connectivity index is 2.29. The van der Waals surface area contributed by atoms with Gasteiger partial charge in [0.2, 0.25) is 0 Å². The number of hydrogen-bond acceptors (Lipinski definition) is 4. The number of hydroxylamine groups is 1. The number of nitrogens with one attached hydrogen (secondary N) is 3. The van der Waals surface area contributed by atoms with Crippen LogP contribution in [-0.4, -0.2) is 26.1 Å². The molecule has 3 N–H and O–H groups in total. The Morgan fingerprint density at radius 1 is 1.24 bits per heavy atom. The lowest BCUT2D eigenvalue weighted by atomic mass is 10.1. The summed E-state index contributed by atoms with van der Waals surface area (Å²) in [5.74, 6) is -2.83. The molecule has 0 fully saturated rings. The van der Waals surface area contributed by atoms with Crippen molar-refractivity contribution in [3.8, 4) is 0 Å². The molecular weight excluding hydrogens is 443 g/mol. The van der Waals surface area contributed by atoms with Crippen molar-refractivity contribution in [1.82, 2.24) is 10.8 Å². The summed E-state index contributed by atoms with van der Waals surface area (Å²) in [6.07, 6.45) is 0. The number of carbonyl (C=O) groups excluding carboxylic acids is 1. The Morgan fingerprint density at radius 3 is 2.68 bits per heavy atom. The van der Waals surface area contributed by atoms with Gasteiger partial charge >= 0.3 is 0 Å². The predicted molar refractivity (Wildman–Crippen MR) is 101 cm³/mol. The SMILES string of the molecule is CNCCONC(=O)c1ccc(F)c(F)c1Nc1ccc(I)cc1C. The first kappa shape index (κ1) is 19.5. The van der Waals surface area contributed by atoms with E-state index in [4.69, 9.17) is 4.84 Å². The van der Waals surface area contributed by atoms with Gasteiger partial charge in [0.05, 0.1) is 17.9 Å². The highest BCUT2D eigenvalue weighted by Crippen LogP contribution is 2.28. The number of halogens is 3. The van der Waals surface area contributed by atoms with Gasteiger partial charge in [0, 0.05) is 15.8 Å². The maximum atomic E-state index is 14.3. The van der Waals surface area contributed by atoms with Crippen molar-refractivity contribution in [3.05, 3.63) is 56.7 Å². The molecule has 2 aromatic rings. The summed E-state index contributed by atoms with van der Waals surface area (Å²) in [5.41, 5.74) is 3.35. The molecule has 0 aliphatic heterocycles. The number of rotatable bonds is 7. The largest absolute Gasteiger partial charge is 0.352 e.